The van der Waals surface area contributed by atoms with Gasteiger partial charge in [0.1, 0.15) is 12.4 Å². The lowest BCUT2D eigenvalue weighted by Gasteiger charge is -2.19. The maximum atomic E-state index is 12.8. The van der Waals surface area contributed by atoms with Crippen molar-refractivity contribution < 1.29 is 9.53 Å². The third-order valence-corrected chi connectivity index (χ3v) is 3.96. The highest BCUT2D eigenvalue weighted by Crippen LogP contribution is 2.21. The van der Waals surface area contributed by atoms with Crippen molar-refractivity contribution in [3.05, 3.63) is 102 Å². The number of hydrogen-bond donors (Lipinski definition) is 0. The fourth-order valence-electron chi connectivity index (χ4n) is 2.64. The van der Waals surface area contributed by atoms with E-state index in [1.165, 1.54) is 0 Å². The van der Waals surface area contributed by atoms with Crippen LogP contribution in [0.25, 0.3) is 0 Å². The van der Waals surface area contributed by atoms with Gasteiger partial charge in [-0.15, -0.1) is 0 Å². The largest absolute Gasteiger partial charge is 0.488 e. The van der Waals surface area contributed by atoms with Gasteiger partial charge in [0.25, 0.3) is 5.91 Å². The van der Waals surface area contributed by atoms with Gasteiger partial charge in [-0.2, -0.15) is 0 Å². The van der Waals surface area contributed by atoms with Crippen molar-refractivity contribution in [1.82, 2.24) is 4.90 Å². The number of carbonyl (C=O) groups excluding carboxylic acids is 1. The average molecular weight is 331 g/mol. The van der Waals surface area contributed by atoms with Crippen LogP contribution in [0.3, 0.4) is 0 Å². The van der Waals surface area contributed by atoms with Gasteiger partial charge < -0.3 is 9.64 Å². The molecular weight excluding hydrogens is 310 g/mol. The van der Waals surface area contributed by atoms with Crippen molar-refractivity contribution in [3.8, 4) is 5.75 Å². The van der Waals surface area contributed by atoms with Crippen molar-refractivity contribution in [1.29, 1.82) is 0 Å². The van der Waals surface area contributed by atoms with Crippen LogP contribution in [0.2, 0.25) is 0 Å². The number of para-hydroxylation sites is 1. The lowest BCUT2D eigenvalue weighted by atomic mass is 10.1. The van der Waals surface area contributed by atoms with Gasteiger partial charge in [-0.25, -0.2) is 0 Å². The Kier molecular flexibility index (Phi) is 5.47. The second-order valence-electron chi connectivity index (χ2n) is 5.92. The van der Waals surface area contributed by atoms with Crippen molar-refractivity contribution in [3.63, 3.8) is 0 Å². The molecule has 3 heteroatoms. The molecule has 25 heavy (non-hydrogen) atoms. The van der Waals surface area contributed by atoms with Crippen LogP contribution in [-0.2, 0) is 13.2 Å². The van der Waals surface area contributed by atoms with Gasteiger partial charge in [-0.05, 0) is 23.3 Å². The molecule has 0 heterocycles. The van der Waals surface area contributed by atoms with E-state index in [0.29, 0.717) is 24.5 Å². The number of ether oxygens (including phenoxy) is 1. The maximum absolute atomic E-state index is 12.8. The predicted octanol–water partition coefficient (Wildman–Crippen LogP) is 4.54. The third kappa shape index (κ3) is 4.48. The van der Waals surface area contributed by atoms with Crippen LogP contribution in [0.15, 0.2) is 84.9 Å². The van der Waals surface area contributed by atoms with Gasteiger partial charge >= 0.3 is 0 Å². The smallest absolute Gasteiger partial charge is 0.257 e. The van der Waals surface area contributed by atoms with E-state index in [0.717, 1.165) is 11.1 Å². The molecule has 0 saturated carbocycles. The number of rotatable bonds is 6. The molecule has 1 amide bonds. The number of amides is 1. The Morgan fingerprint density at radius 2 is 1.36 bits per heavy atom. The van der Waals surface area contributed by atoms with Crippen molar-refractivity contribution in [2.75, 3.05) is 7.05 Å². The fraction of sp³-hybridized carbons (Fsp3) is 0.136. The Labute approximate surface area is 148 Å². The van der Waals surface area contributed by atoms with Gasteiger partial charge in [0.2, 0.25) is 0 Å². The third-order valence-electron chi connectivity index (χ3n) is 3.96. The Balaban J connectivity index is 1.72. The molecule has 0 N–H and O–H groups in total. The van der Waals surface area contributed by atoms with Crippen LogP contribution >= 0.6 is 0 Å². The average Bonchev–Trinajstić information content (AvgIpc) is 2.67. The SMILES string of the molecule is CN(Cc1ccccc1)C(=O)c1ccccc1OCc1ccccc1. The molecule has 0 bridgehead atoms. The summed E-state index contributed by atoms with van der Waals surface area (Å²) in [6.45, 7) is 1.00. The van der Waals surface area contributed by atoms with Gasteiger partial charge in [0, 0.05) is 13.6 Å². The highest BCUT2D eigenvalue weighted by Gasteiger charge is 2.16. The van der Waals surface area contributed by atoms with E-state index in [1.807, 2.05) is 92.0 Å². The molecule has 0 radical (unpaired) electrons. The van der Waals surface area contributed by atoms with Crippen molar-refractivity contribution >= 4 is 5.91 Å². The zero-order valence-electron chi connectivity index (χ0n) is 14.3. The molecule has 0 spiro atoms. The molecule has 3 rings (SSSR count). The number of benzene rings is 3. The highest BCUT2D eigenvalue weighted by atomic mass is 16.5. The Morgan fingerprint density at radius 1 is 0.800 bits per heavy atom. The number of hydrogen-bond acceptors (Lipinski definition) is 2. The molecule has 0 saturated heterocycles. The minimum atomic E-state index is -0.0486. The van der Waals surface area contributed by atoms with Gasteiger partial charge in [-0.3, -0.25) is 4.79 Å². The van der Waals surface area contributed by atoms with Crippen LogP contribution in [0, 0.1) is 0 Å². The van der Waals surface area contributed by atoms with E-state index in [1.54, 1.807) is 4.90 Å². The van der Waals surface area contributed by atoms with Gasteiger partial charge in [-0.1, -0.05) is 72.8 Å². The summed E-state index contributed by atoms with van der Waals surface area (Å²) in [4.78, 5) is 14.5. The lowest BCUT2D eigenvalue weighted by molar-refractivity contribution is 0.0780. The molecule has 0 aromatic heterocycles. The summed E-state index contributed by atoms with van der Waals surface area (Å²) in [5.41, 5.74) is 2.75. The maximum Gasteiger partial charge on any atom is 0.257 e. The molecule has 0 unspecified atom stereocenters. The molecule has 3 nitrogen and oxygen atoms in total. The molecular formula is C22H21NO2. The molecule has 0 aliphatic carbocycles. The van der Waals surface area contributed by atoms with E-state index in [2.05, 4.69) is 0 Å². The first-order valence-electron chi connectivity index (χ1n) is 8.29. The number of nitrogens with zero attached hydrogens (tertiary/aromatic N) is 1. The standard InChI is InChI=1S/C22H21NO2/c1-23(16-18-10-4-2-5-11-18)22(24)20-14-8-9-15-21(20)25-17-19-12-6-3-7-13-19/h2-15H,16-17H2,1H3. The van der Waals surface area contributed by atoms with Gasteiger partial charge in [0.15, 0.2) is 0 Å². The first-order chi connectivity index (χ1) is 12.2. The van der Waals surface area contributed by atoms with E-state index in [4.69, 9.17) is 4.74 Å². The molecule has 0 aliphatic heterocycles. The van der Waals surface area contributed by atoms with Crippen molar-refractivity contribution in [2.24, 2.45) is 0 Å². The summed E-state index contributed by atoms with van der Waals surface area (Å²) in [6.07, 6.45) is 0. The summed E-state index contributed by atoms with van der Waals surface area (Å²) in [6, 6.07) is 27.3. The molecule has 0 aliphatic rings. The minimum Gasteiger partial charge on any atom is -0.488 e. The predicted molar refractivity (Wildman–Crippen MR) is 99.5 cm³/mol. The van der Waals surface area contributed by atoms with Crippen LogP contribution in [-0.4, -0.2) is 17.9 Å². The Hall–Kier alpha value is -3.07. The molecule has 3 aromatic rings. The number of carbonyl (C=O) groups is 1. The Morgan fingerprint density at radius 3 is 2.04 bits per heavy atom. The minimum absolute atomic E-state index is 0.0486. The summed E-state index contributed by atoms with van der Waals surface area (Å²) >= 11 is 0. The van der Waals surface area contributed by atoms with E-state index in [-0.39, 0.29) is 5.91 Å². The topological polar surface area (TPSA) is 29.5 Å². The van der Waals surface area contributed by atoms with E-state index in [9.17, 15) is 4.79 Å². The summed E-state index contributed by atoms with van der Waals surface area (Å²) < 4.78 is 5.90. The Bertz CT molecular complexity index is 816. The monoisotopic (exact) mass is 331 g/mol. The molecule has 3 aromatic carbocycles. The highest BCUT2D eigenvalue weighted by molar-refractivity contribution is 5.96. The summed E-state index contributed by atoms with van der Waals surface area (Å²) in [5.74, 6) is 0.559. The van der Waals surface area contributed by atoms with E-state index >= 15 is 0 Å². The normalized spacial score (nSPS) is 10.3. The van der Waals surface area contributed by atoms with E-state index < -0.39 is 0 Å². The van der Waals surface area contributed by atoms with Crippen LogP contribution < -0.4 is 4.74 Å². The lowest BCUT2D eigenvalue weighted by Crippen LogP contribution is -2.26. The zero-order valence-corrected chi connectivity index (χ0v) is 14.3. The quantitative estimate of drug-likeness (QED) is 0.664. The van der Waals surface area contributed by atoms with Gasteiger partial charge in [0.05, 0.1) is 5.56 Å². The van der Waals surface area contributed by atoms with Crippen molar-refractivity contribution in [2.45, 2.75) is 13.2 Å². The zero-order chi connectivity index (χ0) is 17.5. The molecule has 0 atom stereocenters. The molecule has 0 fully saturated rings. The first kappa shape index (κ1) is 16.8. The second kappa shape index (κ2) is 8.15. The molecule has 126 valence electrons. The van der Waals surface area contributed by atoms with Crippen LogP contribution in [0.1, 0.15) is 21.5 Å². The fourth-order valence-corrected chi connectivity index (χ4v) is 2.64. The summed E-state index contributed by atoms with van der Waals surface area (Å²) in [5, 5.41) is 0. The van der Waals surface area contributed by atoms with Crippen LogP contribution in [0.5, 0.6) is 5.75 Å². The summed E-state index contributed by atoms with van der Waals surface area (Å²) in [7, 11) is 1.81. The van der Waals surface area contributed by atoms with Crippen LogP contribution in [0.4, 0.5) is 0 Å². The first-order valence-corrected chi connectivity index (χ1v) is 8.29. The second-order valence-corrected chi connectivity index (χ2v) is 5.92.